The molecule has 4 nitrogen and oxygen atoms in total. The highest BCUT2D eigenvalue weighted by molar-refractivity contribution is 6.30. The Hall–Kier alpha value is -2.66. The van der Waals surface area contributed by atoms with Crippen LogP contribution >= 0.6 is 11.6 Å². The minimum atomic E-state index is -0.585. The molecule has 0 aliphatic heterocycles. The number of aryl methyl sites for hydroxylation is 1. The molecule has 3 rings (SSSR count). The molecule has 0 bridgehead atoms. The molecule has 6 heteroatoms. The second kappa shape index (κ2) is 6.84. The normalized spacial score (nSPS) is 10.6. The average molecular weight is 345 g/mol. The molecule has 0 aliphatic rings. The van der Waals surface area contributed by atoms with E-state index in [1.165, 1.54) is 12.1 Å². The van der Waals surface area contributed by atoms with E-state index in [-0.39, 0.29) is 23.0 Å². The summed E-state index contributed by atoms with van der Waals surface area (Å²) in [5.74, 6) is 0.0408. The lowest BCUT2D eigenvalue weighted by atomic mass is 10.2. The van der Waals surface area contributed by atoms with Gasteiger partial charge in [0.1, 0.15) is 11.6 Å². The molecule has 0 spiro atoms. The second-order valence-corrected chi connectivity index (χ2v) is 5.67. The van der Waals surface area contributed by atoms with E-state index in [0.717, 1.165) is 11.6 Å². The van der Waals surface area contributed by atoms with Gasteiger partial charge in [0.25, 0.3) is 0 Å². The van der Waals surface area contributed by atoms with E-state index in [1.54, 1.807) is 6.92 Å². The summed E-state index contributed by atoms with van der Waals surface area (Å²) in [5.41, 5.74) is 1.42. The van der Waals surface area contributed by atoms with Gasteiger partial charge in [0.2, 0.25) is 11.8 Å². The van der Waals surface area contributed by atoms with E-state index in [0.29, 0.717) is 17.3 Å². The van der Waals surface area contributed by atoms with Crippen LogP contribution in [-0.2, 0) is 11.2 Å². The summed E-state index contributed by atoms with van der Waals surface area (Å²) >= 11 is 5.69. The van der Waals surface area contributed by atoms with Crippen LogP contribution in [0.3, 0.4) is 0 Å². The number of carbonyl (C=O) groups excluding carboxylic acids is 1. The third kappa shape index (κ3) is 3.63. The number of carbonyl (C=O) groups is 1. The monoisotopic (exact) mass is 344 g/mol. The van der Waals surface area contributed by atoms with Gasteiger partial charge in [-0.2, -0.15) is 0 Å². The number of rotatable bonds is 4. The first kappa shape index (κ1) is 16.2. The fourth-order valence-electron chi connectivity index (χ4n) is 2.23. The Labute approximate surface area is 143 Å². The SMILES string of the molecule is Cc1oc(-c2ccccc2)nc1CC(=O)Nc1ccc(Cl)cc1F. The third-order valence-electron chi connectivity index (χ3n) is 3.45. The van der Waals surface area contributed by atoms with Gasteiger partial charge in [0.05, 0.1) is 17.8 Å². The zero-order valence-corrected chi connectivity index (χ0v) is 13.6. The maximum absolute atomic E-state index is 13.7. The maximum Gasteiger partial charge on any atom is 0.230 e. The summed E-state index contributed by atoms with van der Waals surface area (Å²) in [6, 6.07) is 13.5. The van der Waals surface area contributed by atoms with E-state index < -0.39 is 5.82 Å². The van der Waals surface area contributed by atoms with Crippen molar-refractivity contribution in [1.82, 2.24) is 4.98 Å². The molecule has 0 fully saturated rings. The van der Waals surface area contributed by atoms with Crippen molar-refractivity contribution >= 4 is 23.2 Å². The number of amides is 1. The Morgan fingerprint density at radius 1 is 1.25 bits per heavy atom. The lowest BCUT2D eigenvalue weighted by Gasteiger charge is -2.05. The van der Waals surface area contributed by atoms with Crippen molar-refractivity contribution in [3.05, 3.63) is 70.8 Å². The van der Waals surface area contributed by atoms with Crippen molar-refractivity contribution in [1.29, 1.82) is 0 Å². The first-order valence-corrected chi connectivity index (χ1v) is 7.67. The summed E-state index contributed by atoms with van der Waals surface area (Å²) in [7, 11) is 0. The van der Waals surface area contributed by atoms with Gasteiger partial charge >= 0.3 is 0 Å². The fraction of sp³-hybridized carbons (Fsp3) is 0.111. The van der Waals surface area contributed by atoms with Crippen LogP contribution in [0.15, 0.2) is 52.9 Å². The second-order valence-electron chi connectivity index (χ2n) is 5.24. The molecule has 122 valence electrons. The minimum Gasteiger partial charge on any atom is -0.441 e. The number of nitrogens with zero attached hydrogens (tertiary/aromatic N) is 1. The molecule has 1 N–H and O–H groups in total. The molecule has 1 aromatic heterocycles. The molecule has 0 unspecified atom stereocenters. The Balaban J connectivity index is 1.74. The first-order chi connectivity index (χ1) is 11.5. The van der Waals surface area contributed by atoms with Crippen LogP contribution in [-0.4, -0.2) is 10.9 Å². The number of hydrogen-bond donors (Lipinski definition) is 1. The van der Waals surface area contributed by atoms with Gasteiger partial charge in [-0.1, -0.05) is 29.8 Å². The lowest BCUT2D eigenvalue weighted by Crippen LogP contribution is -2.16. The Bertz CT molecular complexity index is 878. The van der Waals surface area contributed by atoms with Crippen LogP contribution < -0.4 is 5.32 Å². The van der Waals surface area contributed by atoms with Gasteiger partial charge in [-0.05, 0) is 37.3 Å². The van der Waals surface area contributed by atoms with E-state index in [1.807, 2.05) is 30.3 Å². The lowest BCUT2D eigenvalue weighted by molar-refractivity contribution is -0.115. The summed E-state index contributed by atoms with van der Waals surface area (Å²) in [4.78, 5) is 16.5. The zero-order chi connectivity index (χ0) is 17.1. The number of aromatic nitrogens is 1. The number of benzene rings is 2. The van der Waals surface area contributed by atoms with Gasteiger partial charge in [0, 0.05) is 10.6 Å². The summed E-state index contributed by atoms with van der Waals surface area (Å²) in [6.45, 7) is 1.74. The summed E-state index contributed by atoms with van der Waals surface area (Å²) < 4.78 is 19.3. The van der Waals surface area contributed by atoms with Gasteiger partial charge < -0.3 is 9.73 Å². The molecule has 0 saturated carbocycles. The Morgan fingerprint density at radius 2 is 2.00 bits per heavy atom. The van der Waals surface area contributed by atoms with Gasteiger partial charge in [0.15, 0.2) is 0 Å². The van der Waals surface area contributed by atoms with Crippen molar-refractivity contribution in [2.75, 3.05) is 5.32 Å². The Kier molecular flexibility index (Phi) is 4.62. The predicted molar refractivity (Wildman–Crippen MR) is 90.4 cm³/mol. The van der Waals surface area contributed by atoms with Crippen LogP contribution in [0.1, 0.15) is 11.5 Å². The van der Waals surface area contributed by atoms with Crippen LogP contribution in [0.5, 0.6) is 0 Å². The molecule has 0 radical (unpaired) electrons. The molecule has 2 aromatic carbocycles. The third-order valence-corrected chi connectivity index (χ3v) is 3.68. The number of halogens is 2. The fourth-order valence-corrected chi connectivity index (χ4v) is 2.39. The van der Waals surface area contributed by atoms with Crippen LogP contribution in [0.2, 0.25) is 5.02 Å². The van der Waals surface area contributed by atoms with Crippen molar-refractivity contribution in [2.24, 2.45) is 0 Å². The summed E-state index contributed by atoms with van der Waals surface area (Å²) in [5, 5.41) is 2.78. The Morgan fingerprint density at radius 3 is 2.71 bits per heavy atom. The number of anilines is 1. The largest absolute Gasteiger partial charge is 0.441 e. The van der Waals surface area contributed by atoms with E-state index in [4.69, 9.17) is 16.0 Å². The molecule has 1 heterocycles. The molecular formula is C18H14ClFN2O2. The zero-order valence-electron chi connectivity index (χ0n) is 12.8. The van der Waals surface area contributed by atoms with Crippen molar-refractivity contribution in [2.45, 2.75) is 13.3 Å². The molecule has 24 heavy (non-hydrogen) atoms. The molecular weight excluding hydrogens is 331 g/mol. The highest BCUT2D eigenvalue weighted by Gasteiger charge is 2.15. The molecule has 0 atom stereocenters. The molecule has 1 amide bonds. The van der Waals surface area contributed by atoms with Gasteiger partial charge in [-0.3, -0.25) is 4.79 Å². The highest BCUT2D eigenvalue weighted by Crippen LogP contribution is 2.23. The number of nitrogens with one attached hydrogen (secondary N) is 1. The molecule has 0 saturated heterocycles. The van der Waals surface area contributed by atoms with Crippen LogP contribution in [0, 0.1) is 12.7 Å². The number of oxazole rings is 1. The highest BCUT2D eigenvalue weighted by atomic mass is 35.5. The van der Waals surface area contributed by atoms with Gasteiger partial charge in [-0.15, -0.1) is 0 Å². The van der Waals surface area contributed by atoms with E-state index in [9.17, 15) is 9.18 Å². The average Bonchev–Trinajstić information content (AvgIpc) is 2.92. The van der Waals surface area contributed by atoms with E-state index >= 15 is 0 Å². The molecule has 3 aromatic rings. The quantitative estimate of drug-likeness (QED) is 0.751. The topological polar surface area (TPSA) is 55.1 Å². The van der Waals surface area contributed by atoms with Crippen molar-refractivity contribution in [3.8, 4) is 11.5 Å². The standard InChI is InChI=1S/C18H14ClFN2O2/c1-11-16(22-18(24-11)12-5-3-2-4-6-12)10-17(23)21-15-8-7-13(19)9-14(15)20/h2-9H,10H2,1H3,(H,21,23). The minimum absolute atomic E-state index is 0.00969. The predicted octanol–water partition coefficient (Wildman–Crippen LogP) is 4.62. The maximum atomic E-state index is 13.7. The first-order valence-electron chi connectivity index (χ1n) is 7.29. The van der Waals surface area contributed by atoms with E-state index in [2.05, 4.69) is 10.3 Å². The van der Waals surface area contributed by atoms with Crippen LogP contribution in [0.4, 0.5) is 10.1 Å². The van der Waals surface area contributed by atoms with Crippen molar-refractivity contribution in [3.63, 3.8) is 0 Å². The smallest absolute Gasteiger partial charge is 0.230 e. The summed E-state index contributed by atoms with van der Waals surface area (Å²) in [6.07, 6.45) is -0.00969. The number of hydrogen-bond acceptors (Lipinski definition) is 3. The van der Waals surface area contributed by atoms with Crippen molar-refractivity contribution < 1.29 is 13.6 Å². The van der Waals surface area contributed by atoms with Gasteiger partial charge in [-0.25, -0.2) is 9.37 Å². The van der Waals surface area contributed by atoms with Crippen LogP contribution in [0.25, 0.3) is 11.5 Å². The molecule has 0 aliphatic carbocycles.